The minimum atomic E-state index is -0.0459. The van der Waals surface area contributed by atoms with Gasteiger partial charge in [0.1, 0.15) is 4.32 Å². The summed E-state index contributed by atoms with van der Waals surface area (Å²) in [6.07, 6.45) is 3.68. The SMILES string of the molecule is COc1ccc(/C=C2\CN(C(=S)S)C/C(=C\c3ccc(OC)c(OC)c3)C2=O)cc1OC. The van der Waals surface area contributed by atoms with Crippen molar-refractivity contribution in [3.8, 4) is 23.0 Å². The lowest BCUT2D eigenvalue weighted by molar-refractivity contribution is -0.113. The van der Waals surface area contributed by atoms with Gasteiger partial charge in [-0.05, 0) is 47.5 Å². The summed E-state index contributed by atoms with van der Waals surface area (Å²) in [6, 6.07) is 11.0. The molecule has 1 fully saturated rings. The van der Waals surface area contributed by atoms with E-state index >= 15 is 0 Å². The number of ether oxygens (including phenoxy) is 4. The summed E-state index contributed by atoms with van der Waals surface area (Å²) in [6.45, 7) is 0.748. The first kappa shape index (κ1) is 23.7. The van der Waals surface area contributed by atoms with Gasteiger partial charge < -0.3 is 23.8 Å². The van der Waals surface area contributed by atoms with Gasteiger partial charge >= 0.3 is 0 Å². The number of nitrogens with zero attached hydrogens (tertiary/aromatic N) is 1. The first-order valence-corrected chi connectivity index (χ1v) is 10.6. The third-order valence-electron chi connectivity index (χ3n) is 5.07. The number of thiocarbonyl (C=S) groups is 1. The van der Waals surface area contributed by atoms with Gasteiger partial charge in [-0.15, -0.1) is 12.6 Å². The molecule has 0 bridgehead atoms. The second-order valence-electron chi connectivity index (χ2n) is 7.04. The zero-order chi connectivity index (χ0) is 23.3. The molecule has 0 aliphatic carbocycles. The number of hydrogen-bond acceptors (Lipinski definition) is 6. The Morgan fingerprint density at radius 2 is 1.22 bits per heavy atom. The Morgan fingerprint density at radius 3 is 1.56 bits per heavy atom. The molecule has 0 radical (unpaired) electrons. The highest BCUT2D eigenvalue weighted by Crippen LogP contribution is 2.31. The van der Waals surface area contributed by atoms with Gasteiger partial charge in [-0.2, -0.15) is 0 Å². The van der Waals surface area contributed by atoms with Crippen molar-refractivity contribution in [3.63, 3.8) is 0 Å². The molecule has 0 N–H and O–H groups in total. The number of rotatable bonds is 6. The Labute approximate surface area is 198 Å². The molecule has 1 aliphatic rings. The van der Waals surface area contributed by atoms with Crippen molar-refractivity contribution in [1.29, 1.82) is 0 Å². The van der Waals surface area contributed by atoms with E-state index in [0.29, 0.717) is 51.6 Å². The summed E-state index contributed by atoms with van der Waals surface area (Å²) in [5.74, 6) is 2.38. The van der Waals surface area contributed by atoms with E-state index in [1.54, 1.807) is 40.6 Å². The molecule has 168 valence electrons. The maximum absolute atomic E-state index is 13.3. The van der Waals surface area contributed by atoms with Gasteiger partial charge in [-0.3, -0.25) is 4.79 Å². The fraction of sp³-hybridized carbons (Fsp3) is 0.250. The summed E-state index contributed by atoms with van der Waals surface area (Å²) in [5, 5.41) is 0. The van der Waals surface area contributed by atoms with Crippen LogP contribution in [0.4, 0.5) is 0 Å². The fourth-order valence-corrected chi connectivity index (χ4v) is 3.73. The fourth-order valence-electron chi connectivity index (χ4n) is 3.46. The highest BCUT2D eigenvalue weighted by molar-refractivity contribution is 8.10. The van der Waals surface area contributed by atoms with Crippen molar-refractivity contribution < 1.29 is 23.7 Å². The Bertz CT molecular complexity index is 1020. The van der Waals surface area contributed by atoms with Crippen molar-refractivity contribution >= 4 is 47.1 Å². The summed E-state index contributed by atoms with van der Waals surface area (Å²) in [4.78, 5) is 15.2. The number of thiol groups is 1. The summed E-state index contributed by atoms with van der Waals surface area (Å²) >= 11 is 9.62. The van der Waals surface area contributed by atoms with E-state index < -0.39 is 0 Å². The number of hydrogen-bond donors (Lipinski definition) is 1. The Morgan fingerprint density at radius 1 is 0.812 bits per heavy atom. The zero-order valence-corrected chi connectivity index (χ0v) is 20.1. The Kier molecular flexibility index (Phi) is 7.82. The Balaban J connectivity index is 2.00. The molecule has 8 heteroatoms. The number of piperidine rings is 1. The minimum Gasteiger partial charge on any atom is -0.493 e. The number of carbonyl (C=O) groups is 1. The number of likely N-dealkylation sites (tertiary alicyclic amines) is 1. The molecule has 6 nitrogen and oxygen atoms in total. The smallest absolute Gasteiger partial charge is 0.188 e. The van der Waals surface area contributed by atoms with E-state index in [-0.39, 0.29) is 5.78 Å². The first-order valence-electron chi connectivity index (χ1n) is 9.78. The van der Waals surface area contributed by atoms with E-state index in [4.69, 9.17) is 31.2 Å². The van der Waals surface area contributed by atoms with Crippen LogP contribution in [0.2, 0.25) is 0 Å². The Hall–Kier alpha value is -2.97. The molecule has 32 heavy (non-hydrogen) atoms. The maximum atomic E-state index is 13.3. The van der Waals surface area contributed by atoms with Crippen molar-refractivity contribution in [2.24, 2.45) is 0 Å². The number of ketones is 1. The standard InChI is InChI=1S/C24H25NO5S2/c1-27-19-7-5-15(11-21(19)29-3)9-17-13-25(24(31)32)14-18(23(17)26)10-16-6-8-20(28-2)22(12-16)30-4/h5-12H,13-14H2,1-4H3,(H,31,32)/b17-9+,18-10+. The second-order valence-corrected chi connectivity index (χ2v) is 8.15. The average molecular weight is 472 g/mol. The van der Waals surface area contributed by atoms with E-state index in [9.17, 15) is 4.79 Å². The van der Waals surface area contributed by atoms with Crippen LogP contribution < -0.4 is 18.9 Å². The van der Waals surface area contributed by atoms with Crippen molar-refractivity contribution in [2.75, 3.05) is 41.5 Å². The monoisotopic (exact) mass is 471 g/mol. The van der Waals surface area contributed by atoms with Crippen LogP contribution in [-0.4, -0.2) is 56.5 Å². The molecule has 0 saturated carbocycles. The second kappa shape index (κ2) is 10.6. The molecule has 1 aliphatic heterocycles. The minimum absolute atomic E-state index is 0.0459. The quantitative estimate of drug-likeness (QED) is 0.383. The van der Waals surface area contributed by atoms with E-state index in [1.165, 1.54) is 0 Å². The summed E-state index contributed by atoms with van der Waals surface area (Å²) in [5.41, 5.74) is 2.85. The van der Waals surface area contributed by atoms with Crippen molar-refractivity contribution in [2.45, 2.75) is 0 Å². The van der Waals surface area contributed by atoms with Crippen LogP contribution in [0.25, 0.3) is 12.2 Å². The van der Waals surface area contributed by atoms with Crippen molar-refractivity contribution in [3.05, 3.63) is 58.7 Å². The van der Waals surface area contributed by atoms with Crippen LogP contribution in [0, 0.1) is 0 Å². The third-order valence-corrected chi connectivity index (χ3v) is 5.61. The molecular weight excluding hydrogens is 446 g/mol. The third kappa shape index (κ3) is 5.26. The zero-order valence-electron chi connectivity index (χ0n) is 18.4. The number of carbonyl (C=O) groups excluding carboxylic acids is 1. The molecule has 0 spiro atoms. The van der Waals surface area contributed by atoms with Gasteiger partial charge in [0.15, 0.2) is 28.8 Å². The molecule has 0 unspecified atom stereocenters. The lowest BCUT2D eigenvalue weighted by Gasteiger charge is -2.30. The number of methoxy groups -OCH3 is 4. The molecule has 0 aromatic heterocycles. The molecule has 2 aromatic rings. The molecule has 0 amide bonds. The van der Waals surface area contributed by atoms with Crippen LogP contribution in [0.3, 0.4) is 0 Å². The summed E-state index contributed by atoms with van der Waals surface area (Å²) < 4.78 is 21.8. The van der Waals surface area contributed by atoms with Gasteiger partial charge in [-0.1, -0.05) is 24.4 Å². The van der Waals surface area contributed by atoms with Crippen LogP contribution >= 0.6 is 24.8 Å². The average Bonchev–Trinajstić information content (AvgIpc) is 2.81. The maximum Gasteiger partial charge on any atom is 0.188 e. The van der Waals surface area contributed by atoms with E-state index in [0.717, 1.165) is 11.1 Å². The van der Waals surface area contributed by atoms with Crippen LogP contribution in [0.1, 0.15) is 11.1 Å². The molecule has 2 aromatic carbocycles. The van der Waals surface area contributed by atoms with E-state index in [2.05, 4.69) is 12.6 Å². The molecule has 0 atom stereocenters. The predicted octanol–water partition coefficient (Wildman–Crippen LogP) is 4.29. The van der Waals surface area contributed by atoms with Gasteiger partial charge in [0.2, 0.25) is 0 Å². The van der Waals surface area contributed by atoms with Gasteiger partial charge in [0.25, 0.3) is 0 Å². The van der Waals surface area contributed by atoms with Crippen LogP contribution in [-0.2, 0) is 4.79 Å². The first-order chi connectivity index (χ1) is 15.4. The predicted molar refractivity (Wildman–Crippen MR) is 133 cm³/mol. The molecule has 3 rings (SSSR count). The highest BCUT2D eigenvalue weighted by atomic mass is 32.1. The number of Topliss-reactive ketones (excluding diaryl/α,β-unsaturated/α-hetero) is 1. The number of benzene rings is 2. The van der Waals surface area contributed by atoms with Crippen molar-refractivity contribution in [1.82, 2.24) is 4.90 Å². The van der Waals surface area contributed by atoms with Gasteiger partial charge in [0.05, 0.1) is 28.4 Å². The lowest BCUT2D eigenvalue weighted by atomic mass is 9.94. The van der Waals surface area contributed by atoms with Gasteiger partial charge in [-0.25, -0.2) is 0 Å². The normalized spacial score (nSPS) is 16.3. The van der Waals surface area contributed by atoms with Crippen LogP contribution in [0.15, 0.2) is 47.5 Å². The highest BCUT2D eigenvalue weighted by Gasteiger charge is 2.27. The molecule has 1 heterocycles. The van der Waals surface area contributed by atoms with Gasteiger partial charge in [0, 0.05) is 24.2 Å². The van der Waals surface area contributed by atoms with Crippen LogP contribution in [0.5, 0.6) is 23.0 Å². The lowest BCUT2D eigenvalue weighted by Crippen LogP contribution is -2.39. The molecular formula is C24H25NO5S2. The largest absolute Gasteiger partial charge is 0.493 e. The van der Waals surface area contributed by atoms with E-state index in [1.807, 2.05) is 41.3 Å². The molecule has 1 saturated heterocycles. The summed E-state index contributed by atoms with van der Waals surface area (Å²) in [7, 11) is 6.31. The topological polar surface area (TPSA) is 57.2 Å².